The highest BCUT2D eigenvalue weighted by Gasteiger charge is 2.02. The largest absolute Gasteiger partial charge is 0.495 e. The molecule has 0 aliphatic rings. The third-order valence-electron chi connectivity index (χ3n) is 3.36. The molecule has 0 aromatic heterocycles. The molecule has 136 valence electrons. The molecule has 0 aliphatic heterocycles. The zero-order chi connectivity index (χ0) is 17.4. The van der Waals surface area contributed by atoms with Crippen molar-refractivity contribution >= 4 is 47.2 Å². The van der Waals surface area contributed by atoms with Crippen molar-refractivity contribution in [3.63, 3.8) is 0 Å². The molecule has 25 heavy (non-hydrogen) atoms. The van der Waals surface area contributed by atoms with Crippen LogP contribution in [0.3, 0.4) is 0 Å². The summed E-state index contributed by atoms with van der Waals surface area (Å²) >= 11 is 6.07. The average molecular weight is 476 g/mol. The van der Waals surface area contributed by atoms with Crippen LogP contribution in [0.25, 0.3) is 0 Å². The van der Waals surface area contributed by atoms with Gasteiger partial charge < -0.3 is 20.5 Å². The second kappa shape index (κ2) is 11.0. The lowest BCUT2D eigenvalue weighted by Gasteiger charge is -2.09. The first kappa shape index (κ1) is 21.4. The van der Waals surface area contributed by atoms with E-state index >= 15 is 0 Å². The molecule has 0 radical (unpaired) electrons. The second-order valence-electron chi connectivity index (χ2n) is 5.21. The second-order valence-corrected chi connectivity index (χ2v) is 5.62. The highest BCUT2D eigenvalue weighted by molar-refractivity contribution is 14.0. The molecule has 0 bridgehead atoms. The van der Waals surface area contributed by atoms with Crippen molar-refractivity contribution in [2.45, 2.75) is 13.3 Å². The number of ether oxygens (including phenoxy) is 2. The van der Waals surface area contributed by atoms with Crippen molar-refractivity contribution in [3.05, 3.63) is 53.1 Å². The maximum atomic E-state index is 6.07. The van der Waals surface area contributed by atoms with Crippen LogP contribution >= 0.6 is 35.6 Å². The number of hydrogen-bond acceptors (Lipinski definition) is 3. The number of aryl methyl sites for hydroxylation is 1. The monoisotopic (exact) mass is 475 g/mol. The van der Waals surface area contributed by atoms with Gasteiger partial charge in [0.05, 0.1) is 18.7 Å². The van der Waals surface area contributed by atoms with Gasteiger partial charge in [-0.1, -0.05) is 29.8 Å². The molecule has 0 saturated heterocycles. The molecule has 0 amide bonds. The standard InChI is InChI=1S/C18H22ClN3O2.HI/c1-13-6-3-4-7-16(13)24-11-5-10-21-18(20)22-14-8-9-17(23-2)15(19)12-14;/h3-4,6-9,12H,5,10-11H2,1-2H3,(H3,20,21,22);1H. The Morgan fingerprint density at radius 2 is 1.96 bits per heavy atom. The molecule has 5 nitrogen and oxygen atoms in total. The topological polar surface area (TPSA) is 68.9 Å². The molecule has 0 spiro atoms. The summed E-state index contributed by atoms with van der Waals surface area (Å²) in [5.41, 5.74) is 7.75. The van der Waals surface area contributed by atoms with E-state index in [2.05, 4.69) is 10.3 Å². The van der Waals surface area contributed by atoms with E-state index in [1.165, 1.54) is 0 Å². The lowest BCUT2D eigenvalue weighted by molar-refractivity contribution is 0.311. The van der Waals surface area contributed by atoms with Gasteiger partial charge in [0.1, 0.15) is 11.5 Å². The first-order chi connectivity index (χ1) is 11.6. The van der Waals surface area contributed by atoms with Crippen LogP contribution in [0.15, 0.2) is 47.5 Å². The minimum atomic E-state index is 0. The molecule has 0 unspecified atom stereocenters. The number of aliphatic imine (C=N–C) groups is 1. The molecule has 2 rings (SSSR count). The van der Waals surface area contributed by atoms with Crippen molar-refractivity contribution in [2.24, 2.45) is 10.7 Å². The SMILES string of the molecule is COc1ccc(NC(N)=NCCCOc2ccccc2C)cc1Cl.I. The van der Waals surface area contributed by atoms with Gasteiger partial charge in [0.25, 0.3) is 0 Å². The van der Waals surface area contributed by atoms with Gasteiger partial charge in [0.15, 0.2) is 5.96 Å². The summed E-state index contributed by atoms with van der Waals surface area (Å²) in [5, 5.41) is 3.51. The summed E-state index contributed by atoms with van der Waals surface area (Å²) in [4.78, 5) is 4.27. The fourth-order valence-electron chi connectivity index (χ4n) is 2.10. The molecular formula is C18H23ClIN3O2. The van der Waals surface area contributed by atoms with E-state index in [-0.39, 0.29) is 24.0 Å². The Morgan fingerprint density at radius 1 is 1.20 bits per heavy atom. The summed E-state index contributed by atoms with van der Waals surface area (Å²) in [6, 6.07) is 13.3. The highest BCUT2D eigenvalue weighted by atomic mass is 127. The number of benzene rings is 2. The van der Waals surface area contributed by atoms with Crippen LogP contribution in [0, 0.1) is 6.92 Å². The molecule has 7 heteroatoms. The predicted molar refractivity (Wildman–Crippen MR) is 115 cm³/mol. The Balaban J connectivity index is 0.00000312. The lowest BCUT2D eigenvalue weighted by Crippen LogP contribution is -2.23. The number of halogens is 2. The smallest absolute Gasteiger partial charge is 0.193 e. The quantitative estimate of drug-likeness (QED) is 0.268. The summed E-state index contributed by atoms with van der Waals surface area (Å²) in [7, 11) is 1.57. The third-order valence-corrected chi connectivity index (χ3v) is 3.66. The number of methoxy groups -OCH3 is 1. The lowest BCUT2D eigenvalue weighted by atomic mass is 10.2. The maximum absolute atomic E-state index is 6.07. The van der Waals surface area contributed by atoms with Crippen molar-refractivity contribution in [1.29, 1.82) is 0 Å². The predicted octanol–water partition coefficient (Wildman–Crippen LogP) is 4.47. The fourth-order valence-corrected chi connectivity index (χ4v) is 2.35. The fraction of sp³-hybridized carbons (Fsp3) is 0.278. The number of anilines is 1. The Morgan fingerprint density at radius 3 is 2.64 bits per heavy atom. The number of nitrogens with two attached hydrogens (primary N) is 1. The normalized spacial score (nSPS) is 10.8. The van der Waals surface area contributed by atoms with Crippen molar-refractivity contribution in [2.75, 3.05) is 25.6 Å². The number of nitrogens with one attached hydrogen (secondary N) is 1. The van der Waals surface area contributed by atoms with Crippen LogP contribution in [0.2, 0.25) is 5.02 Å². The minimum absolute atomic E-state index is 0. The number of rotatable bonds is 7. The van der Waals surface area contributed by atoms with Gasteiger partial charge >= 0.3 is 0 Å². The molecule has 0 aliphatic carbocycles. The van der Waals surface area contributed by atoms with Crippen LogP contribution in [-0.4, -0.2) is 26.2 Å². The number of nitrogens with zero attached hydrogens (tertiary/aromatic N) is 1. The Hall–Kier alpha value is -1.67. The van der Waals surface area contributed by atoms with Crippen LogP contribution < -0.4 is 20.5 Å². The highest BCUT2D eigenvalue weighted by Crippen LogP contribution is 2.27. The van der Waals surface area contributed by atoms with Gasteiger partial charge in [-0.15, -0.1) is 24.0 Å². The van der Waals surface area contributed by atoms with Gasteiger partial charge in [-0.05, 0) is 36.8 Å². The minimum Gasteiger partial charge on any atom is -0.495 e. The van der Waals surface area contributed by atoms with Gasteiger partial charge in [-0.25, -0.2) is 0 Å². The number of guanidine groups is 1. The summed E-state index contributed by atoms with van der Waals surface area (Å²) in [5.74, 6) is 1.86. The molecular weight excluding hydrogens is 453 g/mol. The van der Waals surface area contributed by atoms with Crippen LogP contribution in [-0.2, 0) is 0 Å². The Bertz CT molecular complexity index is 710. The van der Waals surface area contributed by atoms with Crippen molar-refractivity contribution in [1.82, 2.24) is 0 Å². The van der Waals surface area contributed by atoms with Crippen LogP contribution in [0.5, 0.6) is 11.5 Å². The summed E-state index contributed by atoms with van der Waals surface area (Å²) in [6.45, 7) is 3.19. The van der Waals surface area contributed by atoms with E-state index in [0.717, 1.165) is 23.4 Å². The Labute approximate surface area is 170 Å². The summed E-state index contributed by atoms with van der Waals surface area (Å²) in [6.07, 6.45) is 0.778. The first-order valence-electron chi connectivity index (χ1n) is 7.69. The molecule has 3 N–H and O–H groups in total. The van der Waals surface area contributed by atoms with Gasteiger partial charge in [-0.2, -0.15) is 0 Å². The number of para-hydroxylation sites is 1. The van der Waals surface area contributed by atoms with Crippen molar-refractivity contribution in [3.8, 4) is 11.5 Å². The van der Waals surface area contributed by atoms with Crippen LogP contribution in [0.1, 0.15) is 12.0 Å². The molecule has 2 aromatic rings. The zero-order valence-electron chi connectivity index (χ0n) is 14.3. The Kier molecular flexibility index (Phi) is 9.44. The maximum Gasteiger partial charge on any atom is 0.193 e. The molecule has 0 heterocycles. The molecule has 0 saturated carbocycles. The van der Waals surface area contributed by atoms with Crippen LogP contribution in [0.4, 0.5) is 5.69 Å². The van der Waals surface area contributed by atoms with Crippen molar-refractivity contribution < 1.29 is 9.47 Å². The van der Waals surface area contributed by atoms with Gasteiger partial charge in [0.2, 0.25) is 0 Å². The van der Waals surface area contributed by atoms with Gasteiger partial charge in [0, 0.05) is 18.7 Å². The van der Waals surface area contributed by atoms with Gasteiger partial charge in [-0.3, -0.25) is 4.99 Å². The molecule has 0 atom stereocenters. The zero-order valence-corrected chi connectivity index (χ0v) is 17.4. The third kappa shape index (κ3) is 6.99. The average Bonchev–Trinajstić information content (AvgIpc) is 2.56. The summed E-state index contributed by atoms with van der Waals surface area (Å²) < 4.78 is 10.8. The van der Waals surface area contributed by atoms with E-state index in [1.807, 2.05) is 37.3 Å². The molecule has 0 fully saturated rings. The van der Waals surface area contributed by atoms with E-state index < -0.39 is 0 Å². The number of hydrogen-bond donors (Lipinski definition) is 2. The van der Waals surface area contributed by atoms with E-state index in [0.29, 0.717) is 29.9 Å². The molecule has 2 aromatic carbocycles. The van der Waals surface area contributed by atoms with E-state index in [9.17, 15) is 0 Å². The first-order valence-corrected chi connectivity index (χ1v) is 8.07. The van der Waals surface area contributed by atoms with E-state index in [1.54, 1.807) is 19.2 Å². The van der Waals surface area contributed by atoms with E-state index in [4.69, 9.17) is 26.8 Å².